The predicted octanol–water partition coefficient (Wildman–Crippen LogP) is 1.43. The monoisotopic (exact) mass is 267 g/mol. The van der Waals surface area contributed by atoms with Gasteiger partial charge in [-0.15, -0.1) is 0 Å². The second-order valence-corrected chi connectivity index (χ2v) is 4.87. The van der Waals surface area contributed by atoms with E-state index in [9.17, 15) is 4.79 Å². The molecule has 0 aromatic carbocycles. The van der Waals surface area contributed by atoms with E-state index in [-0.39, 0.29) is 18.7 Å². The van der Waals surface area contributed by atoms with E-state index in [2.05, 4.69) is 10.3 Å². The minimum Gasteiger partial charge on any atom is -0.448 e. The molecule has 6 nitrogen and oxygen atoms in total. The second-order valence-electron chi connectivity index (χ2n) is 4.87. The molecule has 2 rings (SSSR count). The van der Waals surface area contributed by atoms with Crippen molar-refractivity contribution in [3.05, 3.63) is 17.8 Å². The van der Waals surface area contributed by atoms with E-state index in [0.29, 0.717) is 13.0 Å². The van der Waals surface area contributed by atoms with Gasteiger partial charge in [0.1, 0.15) is 11.5 Å². The SMILES string of the molecule is Cc1ocnc1CNC(=O)N1CCCCC1CCO. The van der Waals surface area contributed by atoms with Crippen LogP contribution < -0.4 is 5.32 Å². The van der Waals surface area contributed by atoms with Gasteiger partial charge in [0.05, 0.1) is 6.54 Å². The van der Waals surface area contributed by atoms with E-state index in [4.69, 9.17) is 9.52 Å². The number of hydrogen-bond donors (Lipinski definition) is 2. The van der Waals surface area contributed by atoms with E-state index >= 15 is 0 Å². The minimum absolute atomic E-state index is 0.0828. The number of oxazole rings is 1. The highest BCUT2D eigenvalue weighted by Gasteiger charge is 2.26. The van der Waals surface area contributed by atoms with Gasteiger partial charge in [0, 0.05) is 19.2 Å². The fraction of sp³-hybridized carbons (Fsp3) is 0.692. The molecule has 1 aromatic rings. The van der Waals surface area contributed by atoms with Crippen molar-refractivity contribution in [2.24, 2.45) is 0 Å². The zero-order chi connectivity index (χ0) is 13.7. The first-order valence-corrected chi connectivity index (χ1v) is 6.76. The molecule has 2 heterocycles. The molecular formula is C13H21N3O3. The van der Waals surface area contributed by atoms with Crippen LogP contribution in [0, 0.1) is 6.92 Å². The number of hydrogen-bond acceptors (Lipinski definition) is 4. The molecule has 19 heavy (non-hydrogen) atoms. The molecule has 2 N–H and O–H groups in total. The number of rotatable bonds is 4. The lowest BCUT2D eigenvalue weighted by molar-refractivity contribution is 0.131. The van der Waals surface area contributed by atoms with Crippen molar-refractivity contribution < 1.29 is 14.3 Å². The quantitative estimate of drug-likeness (QED) is 0.865. The van der Waals surface area contributed by atoms with Gasteiger partial charge in [-0.05, 0) is 32.6 Å². The maximum absolute atomic E-state index is 12.2. The first kappa shape index (κ1) is 13.9. The van der Waals surface area contributed by atoms with Crippen molar-refractivity contribution in [2.75, 3.05) is 13.2 Å². The molecule has 6 heteroatoms. The Bertz CT molecular complexity index is 417. The van der Waals surface area contributed by atoms with Crippen LogP contribution in [0.4, 0.5) is 4.79 Å². The summed E-state index contributed by atoms with van der Waals surface area (Å²) in [5.74, 6) is 0.728. The summed E-state index contributed by atoms with van der Waals surface area (Å²) in [7, 11) is 0. The molecule has 1 atom stereocenters. The Morgan fingerprint density at radius 3 is 3.16 bits per heavy atom. The summed E-state index contributed by atoms with van der Waals surface area (Å²) in [6.45, 7) is 3.08. The van der Waals surface area contributed by atoms with Gasteiger partial charge in [0.25, 0.3) is 0 Å². The van der Waals surface area contributed by atoms with E-state index in [1.165, 1.54) is 6.39 Å². The van der Waals surface area contributed by atoms with Gasteiger partial charge in [-0.2, -0.15) is 0 Å². The Morgan fingerprint density at radius 2 is 2.47 bits per heavy atom. The lowest BCUT2D eigenvalue weighted by Crippen LogP contribution is -2.48. The van der Waals surface area contributed by atoms with Crippen LogP contribution in [-0.2, 0) is 6.54 Å². The predicted molar refractivity (Wildman–Crippen MR) is 69.5 cm³/mol. The normalized spacial score (nSPS) is 19.5. The highest BCUT2D eigenvalue weighted by molar-refractivity contribution is 5.74. The number of amides is 2. The maximum Gasteiger partial charge on any atom is 0.317 e. The van der Waals surface area contributed by atoms with Crippen molar-refractivity contribution >= 4 is 6.03 Å². The summed E-state index contributed by atoms with van der Waals surface area (Å²) in [6.07, 6.45) is 5.15. The molecular weight excluding hydrogens is 246 g/mol. The van der Waals surface area contributed by atoms with E-state index in [1.807, 2.05) is 11.8 Å². The van der Waals surface area contributed by atoms with Crippen molar-refractivity contribution in [2.45, 2.75) is 45.2 Å². The Hall–Kier alpha value is -1.56. The average Bonchev–Trinajstić information content (AvgIpc) is 2.82. The van der Waals surface area contributed by atoms with Gasteiger partial charge in [-0.25, -0.2) is 9.78 Å². The smallest absolute Gasteiger partial charge is 0.317 e. The average molecular weight is 267 g/mol. The first-order chi connectivity index (χ1) is 9.22. The maximum atomic E-state index is 12.2. The molecule has 1 aliphatic heterocycles. The molecule has 1 fully saturated rings. The molecule has 1 aromatic heterocycles. The molecule has 1 unspecified atom stereocenters. The number of nitrogens with one attached hydrogen (secondary N) is 1. The van der Waals surface area contributed by atoms with Crippen LogP contribution in [0.2, 0.25) is 0 Å². The number of aromatic nitrogens is 1. The number of likely N-dealkylation sites (tertiary alicyclic amines) is 1. The van der Waals surface area contributed by atoms with Crippen LogP contribution >= 0.6 is 0 Å². The highest BCUT2D eigenvalue weighted by atomic mass is 16.3. The zero-order valence-electron chi connectivity index (χ0n) is 11.3. The molecule has 1 saturated heterocycles. The van der Waals surface area contributed by atoms with Gasteiger partial charge in [0.15, 0.2) is 6.39 Å². The summed E-state index contributed by atoms with van der Waals surface area (Å²) in [5.41, 5.74) is 0.754. The van der Waals surface area contributed by atoms with Crippen molar-refractivity contribution in [3.63, 3.8) is 0 Å². The number of aliphatic hydroxyl groups excluding tert-OH is 1. The Kier molecular flexibility index (Phi) is 4.79. The van der Waals surface area contributed by atoms with Crippen LogP contribution in [0.1, 0.15) is 37.1 Å². The number of aliphatic hydroxyl groups is 1. The van der Waals surface area contributed by atoms with Crippen molar-refractivity contribution in [1.29, 1.82) is 0 Å². The van der Waals surface area contributed by atoms with E-state index < -0.39 is 0 Å². The van der Waals surface area contributed by atoms with Crippen LogP contribution in [0.25, 0.3) is 0 Å². The molecule has 2 amide bonds. The number of carbonyl (C=O) groups is 1. The molecule has 1 aliphatic rings. The van der Waals surface area contributed by atoms with Gasteiger partial charge >= 0.3 is 6.03 Å². The van der Waals surface area contributed by atoms with Crippen LogP contribution in [0.5, 0.6) is 0 Å². The third-order valence-corrected chi connectivity index (χ3v) is 3.60. The third-order valence-electron chi connectivity index (χ3n) is 3.60. The van der Waals surface area contributed by atoms with E-state index in [0.717, 1.165) is 37.3 Å². The fourth-order valence-electron chi connectivity index (χ4n) is 2.48. The standard InChI is InChI=1S/C13H21N3O3/c1-10-12(15-9-19-10)8-14-13(18)16-6-3-2-4-11(16)5-7-17/h9,11,17H,2-8H2,1H3,(H,14,18). The van der Waals surface area contributed by atoms with Gasteiger partial charge in [-0.3, -0.25) is 0 Å². The Labute approximate surface area is 112 Å². The summed E-state index contributed by atoms with van der Waals surface area (Å²) in [5, 5.41) is 11.9. The number of carbonyl (C=O) groups excluding carboxylic acids is 1. The number of aryl methyl sites for hydroxylation is 1. The van der Waals surface area contributed by atoms with Gasteiger partial charge in [-0.1, -0.05) is 0 Å². The van der Waals surface area contributed by atoms with Crippen LogP contribution in [0.3, 0.4) is 0 Å². The van der Waals surface area contributed by atoms with Crippen LogP contribution in [-0.4, -0.2) is 40.2 Å². The number of piperidine rings is 1. The molecule has 106 valence electrons. The summed E-state index contributed by atoms with van der Waals surface area (Å²) in [4.78, 5) is 18.0. The molecule has 0 spiro atoms. The second kappa shape index (κ2) is 6.56. The first-order valence-electron chi connectivity index (χ1n) is 6.76. The van der Waals surface area contributed by atoms with Gasteiger partial charge in [0.2, 0.25) is 0 Å². The topological polar surface area (TPSA) is 78.6 Å². The Balaban J connectivity index is 1.89. The molecule has 0 radical (unpaired) electrons. The highest BCUT2D eigenvalue weighted by Crippen LogP contribution is 2.19. The summed E-state index contributed by atoms with van der Waals surface area (Å²) in [6, 6.07) is 0.0673. The summed E-state index contributed by atoms with van der Waals surface area (Å²) < 4.78 is 5.09. The van der Waals surface area contributed by atoms with Crippen LogP contribution in [0.15, 0.2) is 10.8 Å². The number of nitrogens with zero attached hydrogens (tertiary/aromatic N) is 2. The van der Waals surface area contributed by atoms with E-state index in [1.54, 1.807) is 0 Å². The van der Waals surface area contributed by atoms with Crippen molar-refractivity contribution in [3.8, 4) is 0 Å². The molecule has 0 bridgehead atoms. The largest absolute Gasteiger partial charge is 0.448 e. The van der Waals surface area contributed by atoms with Gasteiger partial charge < -0.3 is 19.7 Å². The lowest BCUT2D eigenvalue weighted by Gasteiger charge is -2.35. The fourth-order valence-corrected chi connectivity index (χ4v) is 2.48. The Morgan fingerprint density at radius 1 is 1.63 bits per heavy atom. The minimum atomic E-state index is -0.0828. The summed E-state index contributed by atoms with van der Waals surface area (Å²) >= 11 is 0. The number of urea groups is 1. The van der Waals surface area contributed by atoms with Crippen molar-refractivity contribution in [1.82, 2.24) is 15.2 Å². The molecule has 0 aliphatic carbocycles. The third kappa shape index (κ3) is 3.47. The zero-order valence-corrected chi connectivity index (χ0v) is 11.3. The lowest BCUT2D eigenvalue weighted by atomic mass is 10.0. The molecule has 0 saturated carbocycles.